The van der Waals surface area contributed by atoms with Crippen LogP contribution in [-0.4, -0.2) is 23.0 Å². The van der Waals surface area contributed by atoms with E-state index in [1.54, 1.807) is 12.1 Å². The highest BCUT2D eigenvalue weighted by Gasteiger charge is 2.26. The number of hydrogen-bond acceptors (Lipinski definition) is 3. The van der Waals surface area contributed by atoms with E-state index >= 15 is 0 Å². The van der Waals surface area contributed by atoms with Crippen molar-refractivity contribution < 1.29 is 14.7 Å². The number of carboxylic acids is 1. The molecule has 5 nitrogen and oxygen atoms in total. The Labute approximate surface area is 112 Å². The van der Waals surface area contributed by atoms with Gasteiger partial charge < -0.3 is 16.2 Å². The summed E-state index contributed by atoms with van der Waals surface area (Å²) in [5.74, 6) is -1.18. The van der Waals surface area contributed by atoms with Crippen LogP contribution in [0.15, 0.2) is 24.3 Å². The minimum absolute atomic E-state index is 0.213. The molecule has 0 unspecified atom stereocenters. The van der Waals surface area contributed by atoms with Gasteiger partial charge in [0.2, 0.25) is 5.91 Å². The van der Waals surface area contributed by atoms with Crippen molar-refractivity contribution in [2.24, 2.45) is 11.1 Å². The first-order valence-corrected chi connectivity index (χ1v) is 6.07. The van der Waals surface area contributed by atoms with Gasteiger partial charge in [0.05, 0.1) is 11.6 Å². The Hall–Kier alpha value is -1.88. The molecule has 19 heavy (non-hydrogen) atoms. The van der Waals surface area contributed by atoms with Gasteiger partial charge in [-0.1, -0.05) is 32.9 Å². The summed E-state index contributed by atoms with van der Waals surface area (Å²) in [5, 5.41) is 11.5. The zero-order valence-corrected chi connectivity index (χ0v) is 11.4. The van der Waals surface area contributed by atoms with Crippen LogP contribution in [0.1, 0.15) is 36.7 Å². The highest BCUT2D eigenvalue weighted by Crippen LogP contribution is 2.17. The molecule has 104 valence electrons. The quantitative estimate of drug-likeness (QED) is 0.766. The van der Waals surface area contributed by atoms with Crippen LogP contribution in [0.3, 0.4) is 0 Å². The van der Waals surface area contributed by atoms with E-state index in [1.807, 2.05) is 20.8 Å². The summed E-state index contributed by atoms with van der Waals surface area (Å²) >= 11 is 0. The summed E-state index contributed by atoms with van der Waals surface area (Å²) in [5.41, 5.74) is 6.59. The number of carboxylic acid groups (broad SMARTS) is 1. The molecule has 1 amide bonds. The topological polar surface area (TPSA) is 92.4 Å². The highest BCUT2D eigenvalue weighted by atomic mass is 16.4. The van der Waals surface area contributed by atoms with E-state index in [0.29, 0.717) is 6.54 Å². The van der Waals surface area contributed by atoms with E-state index in [-0.39, 0.29) is 16.9 Å². The Kier molecular flexibility index (Phi) is 4.67. The first-order valence-electron chi connectivity index (χ1n) is 6.07. The minimum Gasteiger partial charge on any atom is -0.478 e. The molecule has 0 aliphatic heterocycles. The lowest BCUT2D eigenvalue weighted by molar-refractivity contribution is -0.124. The molecule has 0 spiro atoms. The van der Waals surface area contributed by atoms with Crippen LogP contribution in [0.25, 0.3) is 0 Å². The molecule has 0 bridgehead atoms. The molecule has 0 fully saturated rings. The first-order chi connectivity index (χ1) is 8.71. The van der Waals surface area contributed by atoms with Gasteiger partial charge in [0.15, 0.2) is 0 Å². The molecule has 0 aromatic heterocycles. The van der Waals surface area contributed by atoms with Gasteiger partial charge in [-0.05, 0) is 23.1 Å². The maximum Gasteiger partial charge on any atom is 0.335 e. The number of carbonyl (C=O) groups is 2. The van der Waals surface area contributed by atoms with Crippen LogP contribution >= 0.6 is 0 Å². The molecular weight excluding hydrogens is 244 g/mol. The Balaban J connectivity index is 2.58. The number of amides is 1. The molecule has 0 aliphatic rings. The number of nitrogens with two attached hydrogens (primary N) is 1. The predicted molar refractivity (Wildman–Crippen MR) is 72.7 cm³/mol. The molecule has 5 heteroatoms. The van der Waals surface area contributed by atoms with Gasteiger partial charge in [-0.2, -0.15) is 0 Å². The lowest BCUT2D eigenvalue weighted by atomic mass is 9.87. The van der Waals surface area contributed by atoms with Crippen molar-refractivity contribution in [3.05, 3.63) is 35.4 Å². The monoisotopic (exact) mass is 264 g/mol. The fourth-order valence-corrected chi connectivity index (χ4v) is 1.46. The standard InChI is InChI=1S/C14H20N2O3/c1-14(2,3)11(15)12(17)16-8-9-4-6-10(7-5-9)13(18)19/h4-7,11H,8,15H2,1-3H3,(H,16,17)(H,18,19)/t11-/m1/s1. The van der Waals surface area contributed by atoms with E-state index in [0.717, 1.165) is 5.56 Å². The summed E-state index contributed by atoms with van der Waals surface area (Å²) < 4.78 is 0. The van der Waals surface area contributed by atoms with Gasteiger partial charge in [-0.15, -0.1) is 0 Å². The van der Waals surface area contributed by atoms with E-state index in [4.69, 9.17) is 10.8 Å². The Morgan fingerprint density at radius 1 is 1.26 bits per heavy atom. The van der Waals surface area contributed by atoms with Crippen molar-refractivity contribution in [3.63, 3.8) is 0 Å². The lowest BCUT2D eigenvalue weighted by Crippen LogP contribution is -2.48. The largest absolute Gasteiger partial charge is 0.478 e. The molecule has 1 atom stereocenters. The molecular formula is C14H20N2O3. The van der Waals surface area contributed by atoms with Crippen molar-refractivity contribution in [1.29, 1.82) is 0 Å². The average Bonchev–Trinajstić information content (AvgIpc) is 2.34. The van der Waals surface area contributed by atoms with Gasteiger partial charge >= 0.3 is 5.97 Å². The average molecular weight is 264 g/mol. The Bertz CT molecular complexity index is 461. The number of aromatic carboxylic acids is 1. The van der Waals surface area contributed by atoms with Crippen molar-refractivity contribution in [3.8, 4) is 0 Å². The van der Waals surface area contributed by atoms with E-state index in [1.165, 1.54) is 12.1 Å². The van der Waals surface area contributed by atoms with Crippen molar-refractivity contribution in [2.75, 3.05) is 0 Å². The Morgan fingerprint density at radius 3 is 2.21 bits per heavy atom. The van der Waals surface area contributed by atoms with Crippen molar-refractivity contribution in [1.82, 2.24) is 5.32 Å². The highest BCUT2D eigenvalue weighted by molar-refractivity contribution is 5.87. The zero-order chi connectivity index (χ0) is 14.6. The van der Waals surface area contributed by atoms with Crippen LogP contribution in [-0.2, 0) is 11.3 Å². The van der Waals surface area contributed by atoms with Crippen LogP contribution in [0.4, 0.5) is 0 Å². The zero-order valence-electron chi connectivity index (χ0n) is 11.4. The van der Waals surface area contributed by atoms with Crippen LogP contribution in [0, 0.1) is 5.41 Å². The summed E-state index contributed by atoms with van der Waals surface area (Å²) in [6, 6.07) is 5.78. The minimum atomic E-state index is -0.967. The summed E-state index contributed by atoms with van der Waals surface area (Å²) in [4.78, 5) is 22.5. The number of hydrogen-bond donors (Lipinski definition) is 3. The van der Waals surface area contributed by atoms with Crippen LogP contribution < -0.4 is 11.1 Å². The molecule has 0 aliphatic carbocycles. The lowest BCUT2D eigenvalue weighted by Gasteiger charge is -2.25. The molecule has 1 aromatic carbocycles. The smallest absolute Gasteiger partial charge is 0.335 e. The van der Waals surface area contributed by atoms with Gasteiger partial charge in [-0.3, -0.25) is 4.79 Å². The van der Waals surface area contributed by atoms with E-state index in [9.17, 15) is 9.59 Å². The first kappa shape index (κ1) is 15.2. The molecule has 1 aromatic rings. The van der Waals surface area contributed by atoms with Crippen LogP contribution in [0.5, 0.6) is 0 Å². The molecule has 1 rings (SSSR count). The summed E-state index contributed by atoms with van der Waals surface area (Å²) in [6.45, 7) is 6.04. The van der Waals surface area contributed by atoms with Gasteiger partial charge in [0.1, 0.15) is 0 Å². The van der Waals surface area contributed by atoms with Gasteiger partial charge in [0, 0.05) is 6.54 Å². The molecule has 0 saturated carbocycles. The van der Waals surface area contributed by atoms with Crippen LogP contribution in [0.2, 0.25) is 0 Å². The number of rotatable bonds is 4. The number of carbonyl (C=O) groups excluding carboxylic acids is 1. The van der Waals surface area contributed by atoms with Crippen molar-refractivity contribution >= 4 is 11.9 Å². The summed E-state index contributed by atoms with van der Waals surface area (Å²) in [6.07, 6.45) is 0. The second-order valence-electron chi connectivity index (χ2n) is 5.56. The third-order valence-electron chi connectivity index (χ3n) is 2.88. The molecule has 4 N–H and O–H groups in total. The number of nitrogens with one attached hydrogen (secondary N) is 1. The molecule has 0 saturated heterocycles. The van der Waals surface area contributed by atoms with Gasteiger partial charge in [0.25, 0.3) is 0 Å². The molecule has 0 heterocycles. The second kappa shape index (κ2) is 5.84. The number of benzene rings is 1. The summed E-state index contributed by atoms with van der Waals surface area (Å²) in [7, 11) is 0. The fraction of sp³-hybridized carbons (Fsp3) is 0.429. The SMILES string of the molecule is CC(C)(C)[C@H](N)C(=O)NCc1ccc(C(=O)O)cc1. The fourth-order valence-electron chi connectivity index (χ4n) is 1.46. The third kappa shape index (κ3) is 4.37. The maximum absolute atomic E-state index is 11.8. The maximum atomic E-state index is 11.8. The van der Waals surface area contributed by atoms with E-state index < -0.39 is 12.0 Å². The van der Waals surface area contributed by atoms with Crippen molar-refractivity contribution in [2.45, 2.75) is 33.4 Å². The third-order valence-corrected chi connectivity index (χ3v) is 2.88. The predicted octanol–water partition coefficient (Wildman–Crippen LogP) is 1.37. The van der Waals surface area contributed by atoms with Gasteiger partial charge in [-0.25, -0.2) is 4.79 Å². The normalized spacial score (nSPS) is 12.8. The molecule has 0 radical (unpaired) electrons. The Morgan fingerprint density at radius 2 is 1.79 bits per heavy atom. The van der Waals surface area contributed by atoms with E-state index in [2.05, 4.69) is 5.32 Å². The second-order valence-corrected chi connectivity index (χ2v) is 5.56.